The Kier molecular flexibility index (Phi) is 4.28. The van der Waals surface area contributed by atoms with Gasteiger partial charge in [-0.1, -0.05) is 12.2 Å². The molecule has 1 aromatic rings. The summed E-state index contributed by atoms with van der Waals surface area (Å²) in [7, 11) is 0. The molecule has 1 rings (SSSR count). The molecule has 0 aliphatic heterocycles. The van der Waals surface area contributed by atoms with Crippen LogP contribution < -0.4 is 11.1 Å². The quantitative estimate of drug-likeness (QED) is 0.650. The first kappa shape index (κ1) is 13.7. The van der Waals surface area contributed by atoms with Crippen molar-refractivity contribution in [2.75, 3.05) is 11.9 Å². The molecule has 0 spiro atoms. The molecular formula is C10H10F4N2S. The minimum Gasteiger partial charge on any atom is -0.389 e. The van der Waals surface area contributed by atoms with E-state index in [0.717, 1.165) is 6.07 Å². The van der Waals surface area contributed by atoms with Crippen LogP contribution in [-0.2, 0) is 0 Å². The van der Waals surface area contributed by atoms with E-state index in [1.54, 1.807) is 0 Å². The monoisotopic (exact) mass is 266 g/mol. The number of benzene rings is 1. The van der Waals surface area contributed by atoms with E-state index in [1.165, 1.54) is 12.1 Å². The molecule has 0 unspecified atom stereocenters. The summed E-state index contributed by atoms with van der Waals surface area (Å²) in [4.78, 5) is 0.0331. The van der Waals surface area contributed by atoms with Crippen LogP contribution in [0.1, 0.15) is 12.0 Å². The minimum atomic E-state index is -4.26. The molecular weight excluding hydrogens is 256 g/mol. The van der Waals surface area contributed by atoms with Crippen molar-refractivity contribution in [1.29, 1.82) is 0 Å². The van der Waals surface area contributed by atoms with Crippen LogP contribution in [0.25, 0.3) is 0 Å². The van der Waals surface area contributed by atoms with E-state index in [2.05, 4.69) is 17.5 Å². The number of thiocarbonyl (C=S) groups is 1. The van der Waals surface area contributed by atoms with Gasteiger partial charge >= 0.3 is 6.18 Å². The highest BCUT2D eigenvalue weighted by Crippen LogP contribution is 2.21. The van der Waals surface area contributed by atoms with Crippen LogP contribution in [0, 0.1) is 5.82 Å². The summed E-state index contributed by atoms with van der Waals surface area (Å²) >= 11 is 4.64. The van der Waals surface area contributed by atoms with E-state index in [9.17, 15) is 17.6 Å². The molecule has 17 heavy (non-hydrogen) atoms. The normalized spacial score (nSPS) is 11.3. The molecule has 0 aliphatic rings. The van der Waals surface area contributed by atoms with Crippen LogP contribution in [-0.4, -0.2) is 17.7 Å². The maximum absolute atomic E-state index is 13.4. The molecule has 94 valence electrons. The van der Waals surface area contributed by atoms with Crippen molar-refractivity contribution in [2.24, 2.45) is 5.73 Å². The van der Waals surface area contributed by atoms with E-state index in [1.807, 2.05) is 0 Å². The molecule has 0 saturated carbocycles. The van der Waals surface area contributed by atoms with Crippen molar-refractivity contribution >= 4 is 22.9 Å². The summed E-state index contributed by atoms with van der Waals surface area (Å²) in [6, 6.07) is 3.83. The third-order valence-corrected chi connectivity index (χ3v) is 2.21. The largest absolute Gasteiger partial charge is 0.390 e. The SMILES string of the molecule is NC(=S)c1ccc(NCCC(F)(F)F)c(F)c1. The number of nitrogens with two attached hydrogens (primary N) is 1. The van der Waals surface area contributed by atoms with Crippen molar-refractivity contribution < 1.29 is 17.6 Å². The number of halogens is 4. The zero-order chi connectivity index (χ0) is 13.1. The van der Waals surface area contributed by atoms with Crippen molar-refractivity contribution in [2.45, 2.75) is 12.6 Å². The maximum Gasteiger partial charge on any atom is 0.390 e. The highest BCUT2D eigenvalue weighted by Gasteiger charge is 2.26. The average Bonchev–Trinajstić information content (AvgIpc) is 2.18. The van der Waals surface area contributed by atoms with Gasteiger partial charge in [0.1, 0.15) is 10.8 Å². The maximum atomic E-state index is 13.4. The van der Waals surface area contributed by atoms with E-state index >= 15 is 0 Å². The number of rotatable bonds is 4. The zero-order valence-electron chi connectivity index (χ0n) is 8.64. The first-order valence-electron chi connectivity index (χ1n) is 4.69. The molecule has 7 heteroatoms. The van der Waals surface area contributed by atoms with E-state index in [0.29, 0.717) is 5.56 Å². The molecule has 0 bridgehead atoms. The van der Waals surface area contributed by atoms with Crippen LogP contribution >= 0.6 is 12.2 Å². The van der Waals surface area contributed by atoms with Gasteiger partial charge < -0.3 is 11.1 Å². The predicted octanol–water partition coefficient (Wildman–Crippen LogP) is 2.82. The second-order valence-electron chi connectivity index (χ2n) is 3.35. The molecule has 1 aromatic carbocycles. The van der Waals surface area contributed by atoms with Gasteiger partial charge in [0.05, 0.1) is 12.1 Å². The Bertz CT molecular complexity index is 417. The summed E-state index contributed by atoms with van der Waals surface area (Å²) in [5, 5.41) is 2.36. The van der Waals surface area contributed by atoms with E-state index in [-0.39, 0.29) is 17.2 Å². The molecule has 2 nitrogen and oxygen atoms in total. The van der Waals surface area contributed by atoms with Crippen molar-refractivity contribution in [3.63, 3.8) is 0 Å². The fourth-order valence-corrected chi connectivity index (χ4v) is 1.28. The molecule has 0 aromatic heterocycles. The lowest BCUT2D eigenvalue weighted by atomic mass is 10.2. The fraction of sp³-hybridized carbons (Fsp3) is 0.300. The Balaban J connectivity index is 2.64. The summed E-state index contributed by atoms with van der Waals surface area (Å²) in [6.45, 7) is -0.382. The summed E-state index contributed by atoms with van der Waals surface area (Å²) in [5.74, 6) is -0.683. The number of alkyl halides is 3. The van der Waals surface area contributed by atoms with E-state index < -0.39 is 18.4 Å². The number of nitrogens with one attached hydrogen (secondary N) is 1. The summed E-state index contributed by atoms with van der Waals surface area (Å²) in [5.41, 5.74) is 5.61. The Hall–Kier alpha value is -1.37. The lowest BCUT2D eigenvalue weighted by molar-refractivity contribution is -0.131. The van der Waals surface area contributed by atoms with Crippen molar-refractivity contribution in [3.8, 4) is 0 Å². The lowest BCUT2D eigenvalue weighted by Gasteiger charge is -2.10. The molecule has 0 aliphatic carbocycles. The van der Waals surface area contributed by atoms with Crippen molar-refractivity contribution in [3.05, 3.63) is 29.6 Å². The van der Waals surface area contributed by atoms with Gasteiger partial charge in [-0.3, -0.25) is 0 Å². The van der Waals surface area contributed by atoms with E-state index in [4.69, 9.17) is 5.73 Å². The standard InChI is InChI=1S/C10H10F4N2S/c11-7-5-6(9(15)17)1-2-8(7)16-4-3-10(12,13)14/h1-2,5,16H,3-4H2,(H2,15,17). The Morgan fingerprint density at radius 2 is 2.00 bits per heavy atom. The smallest absolute Gasteiger partial charge is 0.389 e. The number of anilines is 1. The van der Waals surface area contributed by atoms with Crippen LogP contribution in [0.5, 0.6) is 0 Å². The zero-order valence-corrected chi connectivity index (χ0v) is 9.46. The highest BCUT2D eigenvalue weighted by molar-refractivity contribution is 7.80. The molecule has 3 N–H and O–H groups in total. The number of hydrogen-bond acceptors (Lipinski definition) is 2. The van der Waals surface area contributed by atoms with Gasteiger partial charge in [-0.05, 0) is 18.2 Å². The third-order valence-electron chi connectivity index (χ3n) is 1.98. The second-order valence-corrected chi connectivity index (χ2v) is 3.79. The molecule has 0 saturated heterocycles. The van der Waals surface area contributed by atoms with Crippen LogP contribution in [0.3, 0.4) is 0 Å². The molecule has 0 atom stereocenters. The lowest BCUT2D eigenvalue weighted by Crippen LogP contribution is -2.15. The van der Waals surface area contributed by atoms with Gasteiger partial charge in [-0.15, -0.1) is 0 Å². The highest BCUT2D eigenvalue weighted by atomic mass is 32.1. The molecule has 0 radical (unpaired) electrons. The summed E-state index contributed by atoms with van der Waals surface area (Å²) in [6.07, 6.45) is -5.29. The minimum absolute atomic E-state index is 0.00532. The Morgan fingerprint density at radius 3 is 2.47 bits per heavy atom. The van der Waals surface area contributed by atoms with Crippen molar-refractivity contribution in [1.82, 2.24) is 0 Å². The molecule has 0 heterocycles. The second kappa shape index (κ2) is 5.31. The van der Waals surface area contributed by atoms with Gasteiger partial charge in [-0.25, -0.2) is 4.39 Å². The first-order chi connectivity index (χ1) is 7.79. The van der Waals surface area contributed by atoms with Gasteiger partial charge in [0.2, 0.25) is 0 Å². The Morgan fingerprint density at radius 1 is 1.35 bits per heavy atom. The van der Waals surface area contributed by atoms with Crippen LogP contribution in [0.2, 0.25) is 0 Å². The third kappa shape index (κ3) is 4.56. The average molecular weight is 266 g/mol. The van der Waals surface area contributed by atoms with Gasteiger partial charge in [0.15, 0.2) is 0 Å². The first-order valence-corrected chi connectivity index (χ1v) is 5.10. The van der Waals surface area contributed by atoms with Crippen LogP contribution in [0.4, 0.5) is 23.2 Å². The topological polar surface area (TPSA) is 38.0 Å². The van der Waals surface area contributed by atoms with Gasteiger partial charge in [0, 0.05) is 12.1 Å². The van der Waals surface area contributed by atoms with Gasteiger partial charge in [-0.2, -0.15) is 13.2 Å². The summed E-state index contributed by atoms with van der Waals surface area (Å²) < 4.78 is 49.0. The fourth-order valence-electron chi connectivity index (χ4n) is 1.15. The predicted molar refractivity (Wildman–Crippen MR) is 61.4 cm³/mol. The number of hydrogen-bond donors (Lipinski definition) is 2. The molecule has 0 amide bonds. The Labute approximate surface area is 101 Å². The molecule has 0 fully saturated rings. The van der Waals surface area contributed by atoms with Gasteiger partial charge in [0.25, 0.3) is 0 Å². The van der Waals surface area contributed by atoms with Crippen LogP contribution in [0.15, 0.2) is 18.2 Å².